The molecule has 3 heteroatoms. The number of piperidine rings is 3. The molecule has 1 aromatic rings. The number of aryl methyl sites for hydroxylation is 1. The number of nitrogens with zero attached hydrogens (tertiary/aromatic N) is 2. The lowest BCUT2D eigenvalue weighted by molar-refractivity contribution is 0.0674. The highest BCUT2D eigenvalue weighted by Gasteiger charge is 2.47. The van der Waals surface area contributed by atoms with Crippen molar-refractivity contribution in [1.29, 1.82) is 5.26 Å². The van der Waals surface area contributed by atoms with E-state index in [9.17, 15) is 5.26 Å². The maximum absolute atomic E-state index is 9.68. The van der Waals surface area contributed by atoms with Crippen molar-refractivity contribution >= 4 is 5.69 Å². The number of benzene rings is 1. The fourth-order valence-electron chi connectivity index (χ4n) is 3.32. The molecule has 0 radical (unpaired) electrons. The molecule has 3 nitrogen and oxygen atoms in total. The van der Waals surface area contributed by atoms with Crippen molar-refractivity contribution in [2.45, 2.75) is 25.3 Å². The molecular formula is C15H19N3. The number of anilines is 1. The Bertz CT molecular complexity index is 483. The predicted octanol–water partition coefficient (Wildman–Crippen LogP) is 2.39. The normalized spacial score (nSPS) is 34.0. The zero-order valence-electron chi connectivity index (χ0n) is 10.8. The molecular weight excluding hydrogens is 222 g/mol. The van der Waals surface area contributed by atoms with Crippen LogP contribution in [0.3, 0.4) is 0 Å². The predicted molar refractivity (Wildman–Crippen MR) is 72.3 cm³/mol. The molecule has 0 aliphatic carbocycles. The zero-order chi connectivity index (χ0) is 12.6. The fraction of sp³-hybridized carbons (Fsp3) is 0.533. The average molecular weight is 241 g/mol. The number of para-hydroxylation sites is 1. The Balaban J connectivity index is 1.90. The second-order valence-corrected chi connectivity index (χ2v) is 5.57. The lowest BCUT2D eigenvalue weighted by Gasteiger charge is -2.50. The van der Waals surface area contributed by atoms with Gasteiger partial charge in [-0.1, -0.05) is 18.2 Å². The van der Waals surface area contributed by atoms with Crippen LogP contribution in [0.1, 0.15) is 18.4 Å². The minimum Gasteiger partial charge on any atom is -0.366 e. The van der Waals surface area contributed by atoms with E-state index in [4.69, 9.17) is 0 Å². The van der Waals surface area contributed by atoms with Gasteiger partial charge in [-0.2, -0.15) is 5.26 Å². The Labute approximate surface area is 108 Å². The van der Waals surface area contributed by atoms with E-state index in [1.807, 2.05) is 12.1 Å². The van der Waals surface area contributed by atoms with Gasteiger partial charge in [0.15, 0.2) is 0 Å². The monoisotopic (exact) mass is 241 g/mol. The Morgan fingerprint density at radius 1 is 1.33 bits per heavy atom. The topological polar surface area (TPSA) is 39.1 Å². The Kier molecular flexibility index (Phi) is 2.76. The molecule has 3 heterocycles. The van der Waals surface area contributed by atoms with E-state index in [1.54, 1.807) is 0 Å². The number of nitrogens with one attached hydrogen (secondary N) is 1. The average Bonchev–Trinajstić information content (AvgIpc) is 2.43. The standard InChI is InChI=1S/C15H19N3/c1-12-4-2-3-5-14(12)17-15(10-16)11-18-8-6-13(15)7-9-18/h2-5,13,17H,6-9,11H2,1H3. The number of rotatable bonds is 2. The van der Waals surface area contributed by atoms with E-state index >= 15 is 0 Å². The highest BCUT2D eigenvalue weighted by Crippen LogP contribution is 2.38. The molecule has 1 atom stereocenters. The van der Waals surface area contributed by atoms with Crippen LogP contribution < -0.4 is 5.32 Å². The summed E-state index contributed by atoms with van der Waals surface area (Å²) >= 11 is 0. The van der Waals surface area contributed by atoms with Gasteiger partial charge in [0.25, 0.3) is 0 Å². The van der Waals surface area contributed by atoms with Gasteiger partial charge in [0.1, 0.15) is 5.54 Å². The summed E-state index contributed by atoms with van der Waals surface area (Å²) in [6, 6.07) is 10.8. The summed E-state index contributed by atoms with van der Waals surface area (Å²) in [5.41, 5.74) is 1.93. The minimum atomic E-state index is -0.386. The molecule has 0 amide bonds. The van der Waals surface area contributed by atoms with Gasteiger partial charge in [-0.15, -0.1) is 0 Å². The van der Waals surface area contributed by atoms with Crippen LogP contribution in [0.4, 0.5) is 5.69 Å². The van der Waals surface area contributed by atoms with Gasteiger partial charge in [0.2, 0.25) is 0 Å². The summed E-state index contributed by atoms with van der Waals surface area (Å²) < 4.78 is 0. The molecule has 2 bridgehead atoms. The van der Waals surface area contributed by atoms with Gasteiger partial charge in [0.05, 0.1) is 6.07 Å². The van der Waals surface area contributed by atoms with Crippen molar-refractivity contribution < 1.29 is 0 Å². The molecule has 94 valence electrons. The molecule has 0 aromatic heterocycles. The molecule has 0 spiro atoms. The third-order valence-corrected chi connectivity index (χ3v) is 4.46. The summed E-state index contributed by atoms with van der Waals surface area (Å²) in [6.45, 7) is 5.27. The molecule has 3 aliphatic heterocycles. The summed E-state index contributed by atoms with van der Waals surface area (Å²) in [4.78, 5) is 2.41. The number of nitriles is 1. The Hall–Kier alpha value is -1.53. The third kappa shape index (κ3) is 1.77. The molecule has 1 aromatic carbocycles. The smallest absolute Gasteiger partial charge is 0.141 e. The SMILES string of the molecule is Cc1ccccc1NC1(C#N)CN2CCC1CC2. The quantitative estimate of drug-likeness (QED) is 0.864. The largest absolute Gasteiger partial charge is 0.366 e. The molecule has 4 rings (SSSR count). The lowest BCUT2D eigenvalue weighted by Crippen LogP contribution is -2.62. The van der Waals surface area contributed by atoms with Crippen LogP contribution in [0.5, 0.6) is 0 Å². The van der Waals surface area contributed by atoms with E-state index in [0.717, 1.165) is 38.2 Å². The Morgan fingerprint density at radius 3 is 2.61 bits per heavy atom. The van der Waals surface area contributed by atoms with Crippen LogP contribution in [0.15, 0.2) is 24.3 Å². The number of hydrogen-bond acceptors (Lipinski definition) is 3. The summed E-state index contributed by atoms with van der Waals surface area (Å²) in [7, 11) is 0. The van der Waals surface area contributed by atoms with Crippen LogP contribution in [0.25, 0.3) is 0 Å². The van der Waals surface area contributed by atoms with Gasteiger partial charge in [-0.3, -0.25) is 4.90 Å². The van der Waals surface area contributed by atoms with Crippen molar-refractivity contribution in [2.24, 2.45) is 5.92 Å². The first-order valence-electron chi connectivity index (χ1n) is 6.71. The van der Waals surface area contributed by atoms with Gasteiger partial charge in [-0.05, 0) is 50.4 Å². The van der Waals surface area contributed by atoms with E-state index in [1.165, 1.54) is 5.56 Å². The van der Waals surface area contributed by atoms with E-state index in [2.05, 4.69) is 35.3 Å². The number of hydrogen-bond donors (Lipinski definition) is 1. The second kappa shape index (κ2) is 4.29. The van der Waals surface area contributed by atoms with Gasteiger partial charge in [0, 0.05) is 12.2 Å². The van der Waals surface area contributed by atoms with E-state index in [-0.39, 0.29) is 5.54 Å². The van der Waals surface area contributed by atoms with Crippen molar-refractivity contribution in [3.8, 4) is 6.07 Å². The summed E-state index contributed by atoms with van der Waals surface area (Å²) in [6.07, 6.45) is 2.29. The summed E-state index contributed by atoms with van der Waals surface area (Å²) in [5, 5.41) is 13.2. The third-order valence-electron chi connectivity index (χ3n) is 4.46. The second-order valence-electron chi connectivity index (χ2n) is 5.57. The zero-order valence-corrected chi connectivity index (χ0v) is 10.8. The van der Waals surface area contributed by atoms with Crippen LogP contribution >= 0.6 is 0 Å². The van der Waals surface area contributed by atoms with Crippen molar-refractivity contribution in [1.82, 2.24) is 4.90 Å². The maximum atomic E-state index is 9.68. The molecule has 0 saturated carbocycles. The Morgan fingerprint density at radius 2 is 2.06 bits per heavy atom. The van der Waals surface area contributed by atoms with Crippen molar-refractivity contribution in [2.75, 3.05) is 25.0 Å². The van der Waals surface area contributed by atoms with Gasteiger partial charge >= 0.3 is 0 Å². The summed E-state index contributed by atoms with van der Waals surface area (Å²) in [5.74, 6) is 0.493. The lowest BCUT2D eigenvalue weighted by atomic mass is 9.73. The first-order chi connectivity index (χ1) is 8.73. The molecule has 3 saturated heterocycles. The minimum absolute atomic E-state index is 0.386. The number of fused-ring (bicyclic) bond motifs is 3. The van der Waals surface area contributed by atoms with Crippen LogP contribution in [-0.2, 0) is 0 Å². The van der Waals surface area contributed by atoms with Crippen molar-refractivity contribution in [3.05, 3.63) is 29.8 Å². The van der Waals surface area contributed by atoms with Crippen LogP contribution in [0, 0.1) is 24.2 Å². The molecule has 3 aliphatic rings. The maximum Gasteiger partial charge on any atom is 0.141 e. The van der Waals surface area contributed by atoms with Gasteiger partial charge in [-0.25, -0.2) is 0 Å². The first kappa shape index (κ1) is 11.6. The van der Waals surface area contributed by atoms with Gasteiger partial charge < -0.3 is 5.32 Å². The van der Waals surface area contributed by atoms with Crippen LogP contribution in [0.2, 0.25) is 0 Å². The highest BCUT2D eigenvalue weighted by atomic mass is 15.2. The first-order valence-corrected chi connectivity index (χ1v) is 6.71. The molecule has 1 N–H and O–H groups in total. The van der Waals surface area contributed by atoms with E-state index < -0.39 is 0 Å². The molecule has 18 heavy (non-hydrogen) atoms. The van der Waals surface area contributed by atoms with Crippen molar-refractivity contribution in [3.63, 3.8) is 0 Å². The highest BCUT2D eigenvalue weighted by molar-refractivity contribution is 5.54. The molecule has 3 fully saturated rings. The fourth-order valence-corrected chi connectivity index (χ4v) is 3.32. The van der Waals surface area contributed by atoms with Crippen LogP contribution in [-0.4, -0.2) is 30.1 Å². The molecule has 1 unspecified atom stereocenters. The van der Waals surface area contributed by atoms with E-state index in [0.29, 0.717) is 5.92 Å².